The van der Waals surface area contributed by atoms with Gasteiger partial charge in [0, 0.05) is 11.3 Å². The van der Waals surface area contributed by atoms with E-state index < -0.39 is 0 Å². The number of anilines is 1. The van der Waals surface area contributed by atoms with E-state index in [4.69, 9.17) is 4.42 Å². The summed E-state index contributed by atoms with van der Waals surface area (Å²) >= 11 is 0. The van der Waals surface area contributed by atoms with E-state index in [2.05, 4.69) is 15.5 Å². The molecule has 3 rings (SSSR count). The fraction of sp³-hybridized carbons (Fsp3) is 0.222. The van der Waals surface area contributed by atoms with Crippen LogP contribution in [0.5, 0.6) is 0 Å². The van der Waals surface area contributed by atoms with Crippen molar-refractivity contribution in [2.24, 2.45) is 0 Å². The summed E-state index contributed by atoms with van der Waals surface area (Å²) in [6.07, 6.45) is 0. The Bertz CT molecular complexity index is 811. The lowest BCUT2D eigenvalue weighted by molar-refractivity contribution is 0.485. The number of nitrogens with zero attached hydrogens (tertiary/aromatic N) is 2. The lowest BCUT2D eigenvalue weighted by Gasteiger charge is -2.11. The highest BCUT2D eigenvalue weighted by molar-refractivity contribution is 5.53. The molecule has 1 aromatic heterocycles. The smallest absolute Gasteiger partial charge is 0.247 e. The number of rotatable bonds is 4. The molecule has 0 bridgehead atoms. The van der Waals surface area contributed by atoms with Crippen LogP contribution in [-0.4, -0.2) is 10.2 Å². The van der Waals surface area contributed by atoms with Crippen molar-refractivity contribution < 1.29 is 8.81 Å². The zero-order valence-corrected chi connectivity index (χ0v) is 13.3. The van der Waals surface area contributed by atoms with Gasteiger partial charge in [0.25, 0.3) is 0 Å². The summed E-state index contributed by atoms with van der Waals surface area (Å²) in [5.74, 6) is 0.693. The average Bonchev–Trinajstić information content (AvgIpc) is 3.02. The molecule has 1 N–H and O–H groups in total. The first kappa shape index (κ1) is 15.2. The first-order chi connectivity index (χ1) is 11.0. The molecule has 1 heterocycles. The predicted octanol–water partition coefficient (Wildman–Crippen LogP) is 4.67. The van der Waals surface area contributed by atoms with Crippen LogP contribution < -0.4 is 5.32 Å². The van der Waals surface area contributed by atoms with Crippen LogP contribution in [0.25, 0.3) is 11.5 Å². The lowest BCUT2D eigenvalue weighted by Crippen LogP contribution is -2.07. The van der Waals surface area contributed by atoms with Crippen molar-refractivity contribution >= 4 is 5.69 Å². The second kappa shape index (κ2) is 6.20. The third-order valence-corrected chi connectivity index (χ3v) is 3.66. The number of nitrogens with one attached hydrogen (secondary N) is 1. The van der Waals surface area contributed by atoms with E-state index in [-0.39, 0.29) is 11.9 Å². The SMILES string of the molecule is Cc1ccc(-c2nnc(C(C)Nc3ccc(C)c(F)c3)o2)cc1. The molecule has 4 nitrogen and oxygen atoms in total. The summed E-state index contributed by atoms with van der Waals surface area (Å²) in [6.45, 7) is 5.65. The average molecular weight is 311 g/mol. The zero-order chi connectivity index (χ0) is 16.4. The van der Waals surface area contributed by atoms with E-state index in [0.29, 0.717) is 23.0 Å². The summed E-state index contributed by atoms with van der Waals surface area (Å²) in [4.78, 5) is 0. The summed E-state index contributed by atoms with van der Waals surface area (Å²) in [6, 6.07) is 12.7. The zero-order valence-electron chi connectivity index (χ0n) is 13.3. The maximum absolute atomic E-state index is 13.6. The maximum Gasteiger partial charge on any atom is 0.247 e. The van der Waals surface area contributed by atoms with Gasteiger partial charge >= 0.3 is 0 Å². The van der Waals surface area contributed by atoms with Crippen molar-refractivity contribution in [1.82, 2.24) is 10.2 Å². The quantitative estimate of drug-likeness (QED) is 0.761. The van der Waals surface area contributed by atoms with Gasteiger partial charge in [-0.25, -0.2) is 4.39 Å². The Kier molecular flexibility index (Phi) is 4.10. The van der Waals surface area contributed by atoms with Crippen LogP contribution in [0.4, 0.5) is 10.1 Å². The first-order valence-electron chi connectivity index (χ1n) is 7.46. The second-order valence-electron chi connectivity index (χ2n) is 5.64. The van der Waals surface area contributed by atoms with E-state index in [9.17, 15) is 4.39 Å². The third-order valence-electron chi connectivity index (χ3n) is 3.66. The second-order valence-corrected chi connectivity index (χ2v) is 5.64. The van der Waals surface area contributed by atoms with Crippen molar-refractivity contribution in [2.45, 2.75) is 26.8 Å². The van der Waals surface area contributed by atoms with Crippen molar-refractivity contribution in [1.29, 1.82) is 0 Å². The van der Waals surface area contributed by atoms with Crippen molar-refractivity contribution in [3.8, 4) is 11.5 Å². The number of aromatic nitrogens is 2. The maximum atomic E-state index is 13.6. The van der Waals surface area contributed by atoms with Crippen molar-refractivity contribution in [2.75, 3.05) is 5.32 Å². The van der Waals surface area contributed by atoms with Crippen LogP contribution in [0, 0.1) is 19.7 Å². The molecule has 1 unspecified atom stereocenters. The van der Waals surface area contributed by atoms with Gasteiger partial charge in [-0.15, -0.1) is 10.2 Å². The summed E-state index contributed by atoms with van der Waals surface area (Å²) in [7, 11) is 0. The minimum absolute atomic E-state index is 0.219. The Labute approximate surface area is 134 Å². The standard InChI is InChI=1S/C18H18FN3O/c1-11-4-7-14(8-5-11)18-22-21-17(23-18)13(3)20-15-9-6-12(2)16(19)10-15/h4-10,13,20H,1-3H3. The highest BCUT2D eigenvalue weighted by Crippen LogP contribution is 2.24. The molecular formula is C18H18FN3O. The number of aryl methyl sites for hydroxylation is 2. The highest BCUT2D eigenvalue weighted by atomic mass is 19.1. The van der Waals surface area contributed by atoms with Gasteiger partial charge in [-0.2, -0.15) is 0 Å². The van der Waals surface area contributed by atoms with Crippen LogP contribution in [0.15, 0.2) is 46.9 Å². The minimum Gasteiger partial charge on any atom is -0.418 e. The van der Waals surface area contributed by atoms with Crippen LogP contribution in [-0.2, 0) is 0 Å². The van der Waals surface area contributed by atoms with Gasteiger partial charge in [0.2, 0.25) is 11.8 Å². The Hall–Kier alpha value is -2.69. The van der Waals surface area contributed by atoms with E-state index in [1.165, 1.54) is 11.6 Å². The fourth-order valence-corrected chi connectivity index (χ4v) is 2.22. The predicted molar refractivity (Wildman–Crippen MR) is 87.6 cm³/mol. The van der Waals surface area contributed by atoms with E-state index in [0.717, 1.165) is 5.56 Å². The Morgan fingerprint density at radius 3 is 2.48 bits per heavy atom. The lowest BCUT2D eigenvalue weighted by atomic mass is 10.1. The molecule has 118 valence electrons. The number of hydrogen-bond acceptors (Lipinski definition) is 4. The molecule has 0 saturated carbocycles. The van der Waals surface area contributed by atoms with Crippen LogP contribution in [0.3, 0.4) is 0 Å². The Balaban J connectivity index is 1.76. The monoisotopic (exact) mass is 311 g/mol. The van der Waals surface area contributed by atoms with Crippen LogP contribution in [0.1, 0.15) is 30.0 Å². The summed E-state index contributed by atoms with van der Waals surface area (Å²) in [5, 5.41) is 11.3. The molecule has 3 aromatic rings. The van der Waals surface area contributed by atoms with E-state index in [1.54, 1.807) is 13.0 Å². The van der Waals surface area contributed by atoms with Crippen LogP contribution in [0.2, 0.25) is 0 Å². The van der Waals surface area contributed by atoms with Gasteiger partial charge < -0.3 is 9.73 Å². The third kappa shape index (κ3) is 3.39. The topological polar surface area (TPSA) is 51.0 Å². The molecule has 0 amide bonds. The Morgan fingerprint density at radius 1 is 1.04 bits per heavy atom. The molecule has 2 aromatic carbocycles. The van der Waals surface area contributed by atoms with Gasteiger partial charge in [0.1, 0.15) is 11.9 Å². The largest absolute Gasteiger partial charge is 0.418 e. The molecule has 5 heteroatoms. The van der Waals surface area contributed by atoms with Crippen molar-refractivity contribution in [3.05, 3.63) is 65.3 Å². The minimum atomic E-state index is -0.243. The van der Waals surface area contributed by atoms with Gasteiger partial charge in [-0.3, -0.25) is 0 Å². The van der Waals surface area contributed by atoms with Crippen molar-refractivity contribution in [3.63, 3.8) is 0 Å². The molecule has 0 aliphatic rings. The van der Waals surface area contributed by atoms with E-state index >= 15 is 0 Å². The molecule has 0 spiro atoms. The molecule has 0 fully saturated rings. The summed E-state index contributed by atoms with van der Waals surface area (Å²) < 4.78 is 19.3. The summed E-state index contributed by atoms with van der Waals surface area (Å²) in [5.41, 5.74) is 3.34. The Morgan fingerprint density at radius 2 is 1.78 bits per heavy atom. The fourth-order valence-electron chi connectivity index (χ4n) is 2.22. The number of benzene rings is 2. The van der Waals surface area contributed by atoms with Crippen LogP contribution >= 0.6 is 0 Å². The molecule has 0 saturated heterocycles. The van der Waals surface area contributed by atoms with E-state index in [1.807, 2.05) is 44.2 Å². The molecule has 0 radical (unpaired) electrons. The number of hydrogen-bond donors (Lipinski definition) is 1. The molecule has 0 aliphatic heterocycles. The van der Waals surface area contributed by atoms with Gasteiger partial charge in [0.15, 0.2) is 0 Å². The highest BCUT2D eigenvalue weighted by Gasteiger charge is 2.15. The van der Waals surface area contributed by atoms with Gasteiger partial charge in [-0.05, 0) is 50.6 Å². The normalized spacial score (nSPS) is 12.2. The van der Waals surface area contributed by atoms with Gasteiger partial charge in [0.05, 0.1) is 0 Å². The first-order valence-corrected chi connectivity index (χ1v) is 7.46. The number of halogens is 1. The van der Waals surface area contributed by atoms with Gasteiger partial charge in [-0.1, -0.05) is 23.8 Å². The molecule has 0 aliphatic carbocycles. The molecular weight excluding hydrogens is 293 g/mol. The molecule has 23 heavy (non-hydrogen) atoms. The molecule has 1 atom stereocenters.